The van der Waals surface area contributed by atoms with Crippen molar-refractivity contribution in [2.45, 2.75) is 6.42 Å². The van der Waals surface area contributed by atoms with Crippen molar-refractivity contribution in [3.05, 3.63) is 35.1 Å². The molecule has 0 saturated heterocycles. The molecule has 14 heavy (non-hydrogen) atoms. The molecule has 0 aliphatic heterocycles. The first-order valence-corrected chi connectivity index (χ1v) is 3.93. The molecular formula is C10H8FNO2. The Morgan fingerprint density at radius 3 is 2.93 bits per heavy atom. The predicted molar refractivity (Wildman–Crippen MR) is 46.8 cm³/mol. The Balaban J connectivity index is 2.99. The van der Waals surface area contributed by atoms with Crippen LogP contribution in [-0.2, 0) is 16.0 Å². The molecule has 0 bridgehead atoms. The zero-order chi connectivity index (χ0) is 10.6. The van der Waals surface area contributed by atoms with Gasteiger partial charge in [0.15, 0.2) is 0 Å². The second-order valence-corrected chi connectivity index (χ2v) is 2.64. The number of carbonyl (C=O) groups excluding carboxylic acids is 1. The van der Waals surface area contributed by atoms with Crippen LogP contribution in [0.25, 0.3) is 0 Å². The Kier molecular flexibility index (Phi) is 3.19. The zero-order valence-electron chi connectivity index (χ0n) is 7.58. The molecule has 0 atom stereocenters. The highest BCUT2D eigenvalue weighted by Gasteiger charge is 2.11. The van der Waals surface area contributed by atoms with Crippen LogP contribution in [0, 0.1) is 17.1 Å². The van der Waals surface area contributed by atoms with Gasteiger partial charge in [-0.3, -0.25) is 4.79 Å². The summed E-state index contributed by atoms with van der Waals surface area (Å²) < 4.78 is 17.7. The van der Waals surface area contributed by atoms with Gasteiger partial charge < -0.3 is 4.74 Å². The van der Waals surface area contributed by atoms with E-state index >= 15 is 0 Å². The molecule has 1 aromatic carbocycles. The average Bonchev–Trinajstić information content (AvgIpc) is 2.21. The fourth-order valence-electron chi connectivity index (χ4n) is 1.03. The van der Waals surface area contributed by atoms with E-state index in [-0.39, 0.29) is 17.5 Å². The Morgan fingerprint density at radius 2 is 2.36 bits per heavy atom. The van der Waals surface area contributed by atoms with E-state index in [1.807, 2.05) is 0 Å². The molecule has 1 aromatic rings. The molecule has 0 amide bonds. The highest BCUT2D eigenvalue weighted by atomic mass is 19.1. The molecule has 0 radical (unpaired) electrons. The second kappa shape index (κ2) is 4.38. The Labute approximate surface area is 80.7 Å². The minimum Gasteiger partial charge on any atom is -0.469 e. The number of carbonyl (C=O) groups is 1. The summed E-state index contributed by atoms with van der Waals surface area (Å²) in [7, 11) is 1.23. The molecule has 0 aliphatic carbocycles. The summed E-state index contributed by atoms with van der Waals surface area (Å²) in [6.45, 7) is 0. The van der Waals surface area contributed by atoms with E-state index in [2.05, 4.69) is 4.74 Å². The summed E-state index contributed by atoms with van der Waals surface area (Å²) in [5.41, 5.74) is 0.113. The molecule has 0 unspecified atom stereocenters. The van der Waals surface area contributed by atoms with Crippen LogP contribution in [0.5, 0.6) is 0 Å². The molecule has 4 heteroatoms. The normalized spacial score (nSPS) is 9.21. The lowest BCUT2D eigenvalue weighted by Gasteiger charge is -2.02. The summed E-state index contributed by atoms with van der Waals surface area (Å²) in [4.78, 5) is 10.9. The Bertz CT molecular complexity index is 396. The molecule has 0 spiro atoms. The number of methoxy groups -OCH3 is 1. The van der Waals surface area contributed by atoms with E-state index in [9.17, 15) is 9.18 Å². The standard InChI is InChI=1S/C10H8FNO2/c1-14-9(13)5-7-3-2-4-8(6-12)10(7)11/h2-4H,5H2,1H3. The molecule has 3 nitrogen and oxygen atoms in total. The van der Waals surface area contributed by atoms with Crippen molar-refractivity contribution in [1.29, 1.82) is 5.26 Å². The van der Waals surface area contributed by atoms with Crippen LogP contribution < -0.4 is 0 Å². The van der Waals surface area contributed by atoms with Gasteiger partial charge in [-0.15, -0.1) is 0 Å². The van der Waals surface area contributed by atoms with Gasteiger partial charge in [-0.2, -0.15) is 5.26 Å². The summed E-state index contributed by atoms with van der Waals surface area (Å²) >= 11 is 0. The van der Waals surface area contributed by atoms with Crippen molar-refractivity contribution in [3.63, 3.8) is 0 Å². The monoisotopic (exact) mass is 193 g/mol. The molecular weight excluding hydrogens is 185 g/mol. The van der Waals surface area contributed by atoms with Crippen molar-refractivity contribution in [1.82, 2.24) is 0 Å². The fourth-order valence-corrected chi connectivity index (χ4v) is 1.03. The molecule has 0 fully saturated rings. The maximum atomic E-state index is 13.3. The van der Waals surface area contributed by atoms with Crippen molar-refractivity contribution in [3.8, 4) is 6.07 Å². The van der Waals surface area contributed by atoms with Crippen molar-refractivity contribution in [2.75, 3.05) is 7.11 Å². The van der Waals surface area contributed by atoms with Crippen molar-refractivity contribution in [2.24, 2.45) is 0 Å². The van der Waals surface area contributed by atoms with Gasteiger partial charge in [0.05, 0.1) is 19.1 Å². The summed E-state index contributed by atoms with van der Waals surface area (Å²) in [6.07, 6.45) is -0.155. The Hall–Kier alpha value is -1.89. The van der Waals surface area contributed by atoms with Gasteiger partial charge in [0.2, 0.25) is 0 Å². The number of nitrogens with zero attached hydrogens (tertiary/aromatic N) is 1. The van der Waals surface area contributed by atoms with E-state index in [1.54, 1.807) is 6.07 Å². The number of esters is 1. The third-order valence-electron chi connectivity index (χ3n) is 1.76. The molecule has 0 aromatic heterocycles. The van der Waals surface area contributed by atoms with E-state index in [0.29, 0.717) is 0 Å². The van der Waals surface area contributed by atoms with Gasteiger partial charge in [0, 0.05) is 5.56 Å². The minimum atomic E-state index is -0.652. The van der Waals surface area contributed by atoms with Gasteiger partial charge in [-0.05, 0) is 6.07 Å². The number of halogens is 1. The maximum absolute atomic E-state index is 13.3. The molecule has 1 rings (SSSR count). The number of nitriles is 1. The molecule has 0 saturated carbocycles. The number of hydrogen-bond acceptors (Lipinski definition) is 3. The first kappa shape index (κ1) is 10.2. The van der Waals surface area contributed by atoms with E-state index in [4.69, 9.17) is 5.26 Å². The summed E-state index contributed by atoms with van der Waals surface area (Å²) in [5, 5.41) is 8.53. The van der Waals surface area contributed by atoms with Gasteiger partial charge in [-0.1, -0.05) is 12.1 Å². The highest BCUT2D eigenvalue weighted by Crippen LogP contribution is 2.12. The van der Waals surface area contributed by atoms with Crippen LogP contribution in [0.2, 0.25) is 0 Å². The lowest BCUT2D eigenvalue weighted by atomic mass is 10.1. The average molecular weight is 193 g/mol. The van der Waals surface area contributed by atoms with Crippen LogP contribution in [0.15, 0.2) is 18.2 Å². The third kappa shape index (κ3) is 2.07. The maximum Gasteiger partial charge on any atom is 0.310 e. The van der Waals surface area contributed by atoms with E-state index < -0.39 is 11.8 Å². The molecule has 72 valence electrons. The molecule has 0 heterocycles. The van der Waals surface area contributed by atoms with Crippen LogP contribution in [-0.4, -0.2) is 13.1 Å². The number of hydrogen-bond donors (Lipinski definition) is 0. The quantitative estimate of drug-likeness (QED) is 0.667. The van der Waals surface area contributed by atoms with Gasteiger partial charge in [0.25, 0.3) is 0 Å². The minimum absolute atomic E-state index is 0.0635. The van der Waals surface area contributed by atoms with Gasteiger partial charge in [0.1, 0.15) is 11.9 Å². The summed E-state index contributed by atoms with van der Waals surface area (Å²) in [5.74, 6) is -1.18. The zero-order valence-corrected chi connectivity index (χ0v) is 7.58. The fraction of sp³-hybridized carbons (Fsp3) is 0.200. The molecule has 0 aliphatic rings. The number of benzene rings is 1. The van der Waals surface area contributed by atoms with Crippen LogP contribution in [0.1, 0.15) is 11.1 Å². The molecule has 0 N–H and O–H groups in total. The topological polar surface area (TPSA) is 50.1 Å². The predicted octanol–water partition coefficient (Wildman–Crippen LogP) is 1.41. The SMILES string of the molecule is COC(=O)Cc1cccc(C#N)c1F. The van der Waals surface area contributed by atoms with Gasteiger partial charge in [-0.25, -0.2) is 4.39 Å². The Morgan fingerprint density at radius 1 is 1.64 bits per heavy atom. The van der Waals surface area contributed by atoms with Crippen molar-refractivity contribution >= 4 is 5.97 Å². The first-order chi connectivity index (χ1) is 6.69. The van der Waals surface area contributed by atoms with E-state index in [0.717, 1.165) is 0 Å². The first-order valence-electron chi connectivity index (χ1n) is 3.93. The highest BCUT2D eigenvalue weighted by molar-refractivity contribution is 5.72. The summed E-state index contributed by atoms with van der Waals surface area (Å²) in [6, 6.07) is 6.04. The van der Waals surface area contributed by atoms with Crippen LogP contribution >= 0.6 is 0 Å². The lowest BCUT2D eigenvalue weighted by molar-refractivity contribution is -0.139. The lowest BCUT2D eigenvalue weighted by Crippen LogP contribution is -2.06. The van der Waals surface area contributed by atoms with Crippen LogP contribution in [0.4, 0.5) is 4.39 Å². The number of ether oxygens (including phenoxy) is 1. The van der Waals surface area contributed by atoms with Crippen LogP contribution in [0.3, 0.4) is 0 Å². The largest absolute Gasteiger partial charge is 0.469 e. The second-order valence-electron chi connectivity index (χ2n) is 2.64. The smallest absolute Gasteiger partial charge is 0.310 e. The van der Waals surface area contributed by atoms with Crippen molar-refractivity contribution < 1.29 is 13.9 Å². The number of rotatable bonds is 2. The van der Waals surface area contributed by atoms with Gasteiger partial charge >= 0.3 is 5.97 Å². The van der Waals surface area contributed by atoms with E-state index in [1.165, 1.54) is 25.3 Å². The third-order valence-corrected chi connectivity index (χ3v) is 1.76.